The summed E-state index contributed by atoms with van der Waals surface area (Å²) in [7, 11) is -3.08. The number of hydrogen-bond donors (Lipinski definition) is 4. The topological polar surface area (TPSA) is 85.5 Å². The van der Waals surface area contributed by atoms with Crippen molar-refractivity contribution in [3.63, 3.8) is 0 Å². The van der Waals surface area contributed by atoms with Gasteiger partial charge in [0, 0.05) is 65.4 Å². The van der Waals surface area contributed by atoms with Crippen molar-refractivity contribution in [3.05, 3.63) is 0 Å². The molecule has 0 aromatic heterocycles. The van der Waals surface area contributed by atoms with Gasteiger partial charge in [-0.25, -0.2) is 13.1 Å². The zero-order valence-corrected chi connectivity index (χ0v) is 12.6. The summed E-state index contributed by atoms with van der Waals surface area (Å²) in [4.78, 5) is 2.27. The van der Waals surface area contributed by atoms with Crippen LogP contribution in [0.1, 0.15) is 0 Å². The third-order valence-electron chi connectivity index (χ3n) is 2.96. The van der Waals surface area contributed by atoms with E-state index in [1.807, 2.05) is 0 Å². The first-order valence-corrected chi connectivity index (χ1v) is 8.76. The standard InChI is InChI=1S/C11H27N5O2S/c1-19(17,18)15-8-11-16-9-6-13-4-2-12-3-5-14-7-10-16/h12-15H,2-11H2,1H3. The lowest BCUT2D eigenvalue weighted by atomic mass is 10.4. The molecule has 1 aliphatic rings. The molecule has 0 amide bonds. The Kier molecular flexibility index (Phi) is 8.51. The first kappa shape index (κ1) is 16.8. The average Bonchev–Trinajstić information content (AvgIpc) is 2.30. The largest absolute Gasteiger partial charge is 0.314 e. The third kappa shape index (κ3) is 10.2. The fourth-order valence-corrected chi connectivity index (χ4v) is 2.39. The molecule has 0 aliphatic carbocycles. The quantitative estimate of drug-likeness (QED) is 0.463. The van der Waals surface area contributed by atoms with Gasteiger partial charge in [0.15, 0.2) is 0 Å². The Labute approximate surface area is 116 Å². The second kappa shape index (κ2) is 9.62. The molecule has 19 heavy (non-hydrogen) atoms. The van der Waals surface area contributed by atoms with E-state index < -0.39 is 10.0 Å². The van der Waals surface area contributed by atoms with Crippen molar-refractivity contribution in [2.75, 3.05) is 71.7 Å². The number of nitrogens with one attached hydrogen (secondary N) is 4. The smallest absolute Gasteiger partial charge is 0.208 e. The molecule has 114 valence electrons. The van der Waals surface area contributed by atoms with Gasteiger partial charge in [-0.3, -0.25) is 4.90 Å². The van der Waals surface area contributed by atoms with Crippen LogP contribution in [0, 0.1) is 0 Å². The van der Waals surface area contributed by atoms with Gasteiger partial charge in [-0.1, -0.05) is 0 Å². The van der Waals surface area contributed by atoms with Crippen molar-refractivity contribution < 1.29 is 8.42 Å². The van der Waals surface area contributed by atoms with E-state index in [1.54, 1.807) is 0 Å². The second-order valence-electron chi connectivity index (χ2n) is 4.76. The van der Waals surface area contributed by atoms with E-state index >= 15 is 0 Å². The van der Waals surface area contributed by atoms with E-state index in [4.69, 9.17) is 0 Å². The molecule has 4 N–H and O–H groups in total. The van der Waals surface area contributed by atoms with Gasteiger partial charge in [-0.2, -0.15) is 0 Å². The molecule has 1 heterocycles. The highest BCUT2D eigenvalue weighted by Crippen LogP contribution is 1.87. The highest BCUT2D eigenvalue weighted by molar-refractivity contribution is 7.88. The highest BCUT2D eigenvalue weighted by Gasteiger charge is 2.07. The molecule has 0 radical (unpaired) electrons. The number of nitrogens with zero attached hydrogens (tertiary/aromatic N) is 1. The predicted molar refractivity (Wildman–Crippen MR) is 77.9 cm³/mol. The van der Waals surface area contributed by atoms with Crippen molar-refractivity contribution >= 4 is 10.0 Å². The zero-order chi connectivity index (χ0) is 14.0. The summed E-state index contributed by atoms with van der Waals surface area (Å²) < 4.78 is 24.6. The second-order valence-corrected chi connectivity index (χ2v) is 6.59. The van der Waals surface area contributed by atoms with Crippen LogP contribution in [-0.4, -0.2) is 85.0 Å². The molecule has 0 aromatic rings. The summed E-state index contributed by atoms with van der Waals surface area (Å²) in [5.74, 6) is 0. The Morgan fingerprint density at radius 1 is 0.947 bits per heavy atom. The maximum absolute atomic E-state index is 11.0. The molecular formula is C11H27N5O2S. The number of rotatable bonds is 4. The van der Waals surface area contributed by atoms with Crippen molar-refractivity contribution in [1.29, 1.82) is 0 Å². The van der Waals surface area contributed by atoms with Gasteiger partial charge in [-0.05, 0) is 0 Å². The average molecular weight is 293 g/mol. The van der Waals surface area contributed by atoms with Crippen LogP contribution in [0.15, 0.2) is 0 Å². The van der Waals surface area contributed by atoms with Gasteiger partial charge in [0.05, 0.1) is 6.26 Å². The molecule has 1 fully saturated rings. The van der Waals surface area contributed by atoms with Gasteiger partial charge >= 0.3 is 0 Å². The van der Waals surface area contributed by atoms with Crippen molar-refractivity contribution in [2.24, 2.45) is 0 Å². The molecule has 0 bridgehead atoms. The summed E-state index contributed by atoms with van der Waals surface area (Å²) in [6.07, 6.45) is 1.19. The van der Waals surface area contributed by atoms with Crippen LogP contribution in [-0.2, 0) is 10.0 Å². The summed E-state index contributed by atoms with van der Waals surface area (Å²) in [6, 6.07) is 0. The van der Waals surface area contributed by atoms with Gasteiger partial charge in [0.25, 0.3) is 0 Å². The van der Waals surface area contributed by atoms with Crippen LogP contribution >= 0.6 is 0 Å². The van der Waals surface area contributed by atoms with Gasteiger partial charge < -0.3 is 16.0 Å². The SMILES string of the molecule is CS(=O)(=O)NCCN1CCNCCNCCNCC1. The van der Waals surface area contributed by atoms with Crippen molar-refractivity contribution in [2.45, 2.75) is 0 Å². The van der Waals surface area contributed by atoms with E-state index in [0.717, 1.165) is 58.9 Å². The lowest BCUT2D eigenvalue weighted by molar-refractivity contribution is 0.275. The van der Waals surface area contributed by atoms with E-state index in [0.29, 0.717) is 6.54 Å². The Bertz CT molecular complexity index is 311. The summed E-state index contributed by atoms with van der Waals surface area (Å²) in [6.45, 7) is 8.86. The van der Waals surface area contributed by atoms with E-state index in [9.17, 15) is 8.42 Å². The van der Waals surface area contributed by atoms with Crippen LogP contribution in [0.2, 0.25) is 0 Å². The predicted octanol–water partition coefficient (Wildman–Crippen LogP) is -2.38. The monoisotopic (exact) mass is 293 g/mol. The first-order valence-electron chi connectivity index (χ1n) is 6.87. The molecule has 7 nitrogen and oxygen atoms in total. The third-order valence-corrected chi connectivity index (χ3v) is 3.69. The highest BCUT2D eigenvalue weighted by atomic mass is 32.2. The van der Waals surface area contributed by atoms with Crippen LogP contribution in [0.5, 0.6) is 0 Å². The minimum absolute atomic E-state index is 0.473. The van der Waals surface area contributed by atoms with E-state index in [1.165, 1.54) is 6.26 Å². The fourth-order valence-electron chi connectivity index (χ4n) is 1.93. The Hall–Kier alpha value is -0.250. The molecule has 8 heteroatoms. The summed E-state index contributed by atoms with van der Waals surface area (Å²) in [5, 5.41) is 10.1. The van der Waals surface area contributed by atoms with Crippen LogP contribution in [0.3, 0.4) is 0 Å². The molecule has 0 atom stereocenters. The van der Waals surface area contributed by atoms with Gasteiger partial charge in [0.2, 0.25) is 10.0 Å². The molecule has 0 spiro atoms. The Morgan fingerprint density at radius 2 is 1.42 bits per heavy atom. The lowest BCUT2D eigenvalue weighted by Crippen LogP contribution is -2.44. The van der Waals surface area contributed by atoms with Crippen LogP contribution in [0.25, 0.3) is 0 Å². The summed E-state index contributed by atoms with van der Waals surface area (Å²) in [5.41, 5.74) is 0. The van der Waals surface area contributed by atoms with E-state index in [-0.39, 0.29) is 0 Å². The van der Waals surface area contributed by atoms with E-state index in [2.05, 4.69) is 25.6 Å². The molecule has 0 unspecified atom stereocenters. The summed E-state index contributed by atoms with van der Waals surface area (Å²) >= 11 is 0. The molecule has 1 saturated heterocycles. The minimum Gasteiger partial charge on any atom is -0.314 e. The maximum Gasteiger partial charge on any atom is 0.208 e. The maximum atomic E-state index is 11.0. The normalized spacial score (nSPS) is 21.5. The zero-order valence-electron chi connectivity index (χ0n) is 11.7. The number of hydrogen-bond acceptors (Lipinski definition) is 6. The Balaban J connectivity index is 2.26. The fraction of sp³-hybridized carbons (Fsp3) is 1.00. The van der Waals surface area contributed by atoms with Gasteiger partial charge in [-0.15, -0.1) is 0 Å². The number of sulfonamides is 1. The van der Waals surface area contributed by atoms with Crippen molar-refractivity contribution in [3.8, 4) is 0 Å². The molecule has 1 aliphatic heterocycles. The first-order chi connectivity index (χ1) is 9.08. The van der Waals surface area contributed by atoms with Crippen LogP contribution in [0.4, 0.5) is 0 Å². The lowest BCUT2D eigenvalue weighted by Gasteiger charge is -2.23. The van der Waals surface area contributed by atoms with Gasteiger partial charge in [0.1, 0.15) is 0 Å². The molecule has 0 saturated carbocycles. The van der Waals surface area contributed by atoms with Crippen molar-refractivity contribution in [1.82, 2.24) is 25.6 Å². The molecule has 0 aromatic carbocycles. The Morgan fingerprint density at radius 3 is 1.89 bits per heavy atom. The molecule has 1 rings (SSSR count). The molecular weight excluding hydrogens is 266 g/mol. The minimum atomic E-state index is -3.08. The van der Waals surface area contributed by atoms with Crippen LogP contribution < -0.4 is 20.7 Å².